The fourth-order valence-electron chi connectivity index (χ4n) is 3.32. The van der Waals surface area contributed by atoms with Crippen LogP contribution in [0.15, 0.2) is 24.7 Å². The van der Waals surface area contributed by atoms with Crippen molar-refractivity contribution in [2.24, 2.45) is 0 Å². The van der Waals surface area contributed by atoms with Gasteiger partial charge in [-0.1, -0.05) is 0 Å². The molecular formula is C17H23N7O2. The molecule has 2 aromatic rings. The molecule has 0 bridgehead atoms. The first kappa shape index (κ1) is 16.8. The molecule has 4 heterocycles. The van der Waals surface area contributed by atoms with Gasteiger partial charge in [0.2, 0.25) is 5.91 Å². The van der Waals surface area contributed by atoms with Crippen molar-refractivity contribution >= 4 is 17.5 Å². The van der Waals surface area contributed by atoms with Crippen LogP contribution in [0.25, 0.3) is 0 Å². The van der Waals surface area contributed by atoms with Gasteiger partial charge in [-0.15, -0.1) is 0 Å². The van der Waals surface area contributed by atoms with Gasteiger partial charge < -0.3 is 19.4 Å². The van der Waals surface area contributed by atoms with Gasteiger partial charge in [-0.25, -0.2) is 9.97 Å². The van der Waals surface area contributed by atoms with Gasteiger partial charge >= 0.3 is 0 Å². The molecule has 2 saturated heterocycles. The molecule has 9 heteroatoms. The second kappa shape index (κ2) is 7.69. The molecule has 4 rings (SSSR count). The number of morpholine rings is 1. The van der Waals surface area contributed by atoms with E-state index < -0.39 is 0 Å². The van der Waals surface area contributed by atoms with Crippen molar-refractivity contribution < 1.29 is 9.53 Å². The minimum absolute atomic E-state index is 0.130. The molecule has 0 aromatic carbocycles. The molecule has 26 heavy (non-hydrogen) atoms. The summed E-state index contributed by atoms with van der Waals surface area (Å²) < 4.78 is 5.40. The number of nitrogens with one attached hydrogen (secondary N) is 1. The van der Waals surface area contributed by atoms with E-state index in [9.17, 15) is 4.79 Å². The molecule has 0 saturated carbocycles. The third-order valence-electron chi connectivity index (χ3n) is 4.83. The predicted molar refractivity (Wildman–Crippen MR) is 96.1 cm³/mol. The number of hydrogen-bond acceptors (Lipinski definition) is 7. The van der Waals surface area contributed by atoms with Crippen LogP contribution >= 0.6 is 0 Å². The number of anilines is 2. The number of piperazine rings is 1. The third kappa shape index (κ3) is 3.77. The molecule has 2 aliphatic heterocycles. The van der Waals surface area contributed by atoms with E-state index in [1.165, 1.54) is 0 Å². The van der Waals surface area contributed by atoms with Crippen molar-refractivity contribution in [3.05, 3.63) is 30.4 Å². The van der Waals surface area contributed by atoms with Crippen LogP contribution in [-0.2, 0) is 16.0 Å². The van der Waals surface area contributed by atoms with Gasteiger partial charge in [0.15, 0.2) is 0 Å². The maximum absolute atomic E-state index is 12.4. The quantitative estimate of drug-likeness (QED) is 0.819. The maximum atomic E-state index is 12.4. The zero-order chi connectivity index (χ0) is 17.8. The Hall–Kier alpha value is -2.68. The molecule has 0 spiro atoms. The number of nitrogens with zero attached hydrogens (tertiary/aromatic N) is 6. The van der Waals surface area contributed by atoms with Crippen molar-refractivity contribution in [3.8, 4) is 0 Å². The van der Waals surface area contributed by atoms with Crippen LogP contribution in [0.2, 0.25) is 0 Å². The molecular weight excluding hydrogens is 334 g/mol. The summed E-state index contributed by atoms with van der Waals surface area (Å²) in [5, 5.41) is 6.73. The number of carbonyl (C=O) groups is 1. The van der Waals surface area contributed by atoms with Crippen LogP contribution in [0, 0.1) is 0 Å². The van der Waals surface area contributed by atoms with Crippen LogP contribution in [0.4, 0.5) is 11.6 Å². The van der Waals surface area contributed by atoms with Gasteiger partial charge in [-0.3, -0.25) is 9.89 Å². The largest absolute Gasteiger partial charge is 0.378 e. The average Bonchev–Trinajstić information content (AvgIpc) is 3.22. The Morgan fingerprint density at radius 2 is 1.73 bits per heavy atom. The number of rotatable bonds is 4. The monoisotopic (exact) mass is 357 g/mol. The molecule has 9 nitrogen and oxygen atoms in total. The summed E-state index contributed by atoms with van der Waals surface area (Å²) in [4.78, 5) is 27.6. The summed E-state index contributed by atoms with van der Waals surface area (Å²) in [5.74, 6) is 1.99. The number of carbonyl (C=O) groups excluding carboxylic acids is 1. The summed E-state index contributed by atoms with van der Waals surface area (Å²) in [6, 6.07) is 3.87. The standard InChI is InChI=1S/C17H23N7O2/c25-17(11-14-1-2-20-21-14)24-5-3-22(4-6-24)15-12-16(19-13-18-15)23-7-9-26-10-8-23/h1-2,12-13H,3-11H2,(H,20,21). The van der Waals surface area contributed by atoms with Gasteiger partial charge in [-0.05, 0) is 6.07 Å². The van der Waals surface area contributed by atoms with E-state index in [0.29, 0.717) is 19.5 Å². The zero-order valence-corrected chi connectivity index (χ0v) is 14.7. The third-order valence-corrected chi connectivity index (χ3v) is 4.83. The Morgan fingerprint density at radius 1 is 1.04 bits per heavy atom. The molecule has 0 radical (unpaired) electrons. The zero-order valence-electron chi connectivity index (χ0n) is 14.7. The number of H-pyrrole nitrogens is 1. The lowest BCUT2D eigenvalue weighted by Crippen LogP contribution is -2.49. The van der Waals surface area contributed by atoms with Crippen molar-refractivity contribution in [2.45, 2.75) is 6.42 Å². The van der Waals surface area contributed by atoms with E-state index in [4.69, 9.17) is 4.74 Å². The summed E-state index contributed by atoms with van der Waals surface area (Å²) in [6.07, 6.45) is 3.66. The maximum Gasteiger partial charge on any atom is 0.228 e. The smallest absolute Gasteiger partial charge is 0.228 e. The van der Waals surface area contributed by atoms with Gasteiger partial charge in [0.1, 0.15) is 18.0 Å². The lowest BCUT2D eigenvalue weighted by Gasteiger charge is -2.36. The van der Waals surface area contributed by atoms with Gasteiger partial charge in [0, 0.05) is 57.2 Å². The summed E-state index contributed by atoms with van der Waals surface area (Å²) in [5.41, 5.74) is 0.850. The molecule has 0 atom stereocenters. The average molecular weight is 357 g/mol. The number of hydrogen-bond donors (Lipinski definition) is 1. The second-order valence-corrected chi connectivity index (χ2v) is 6.46. The highest BCUT2D eigenvalue weighted by Crippen LogP contribution is 2.20. The highest BCUT2D eigenvalue weighted by atomic mass is 16.5. The van der Waals surface area contributed by atoms with Crippen LogP contribution in [0.1, 0.15) is 5.69 Å². The van der Waals surface area contributed by atoms with Crippen LogP contribution in [-0.4, -0.2) is 83.5 Å². The lowest BCUT2D eigenvalue weighted by atomic mass is 10.2. The Bertz CT molecular complexity index is 722. The molecule has 1 amide bonds. The molecule has 138 valence electrons. The van der Waals surface area contributed by atoms with Crippen molar-refractivity contribution in [1.82, 2.24) is 25.1 Å². The van der Waals surface area contributed by atoms with Gasteiger partial charge in [0.05, 0.1) is 19.6 Å². The number of amides is 1. The Balaban J connectivity index is 1.35. The summed E-state index contributed by atoms with van der Waals surface area (Å²) in [6.45, 7) is 6.11. The topological polar surface area (TPSA) is 90.5 Å². The molecule has 0 unspecified atom stereocenters. The van der Waals surface area contributed by atoms with Crippen LogP contribution in [0.3, 0.4) is 0 Å². The molecule has 1 N–H and O–H groups in total. The summed E-state index contributed by atoms with van der Waals surface area (Å²) in [7, 11) is 0. The fraction of sp³-hybridized carbons (Fsp3) is 0.529. The molecule has 2 aromatic heterocycles. The van der Waals surface area contributed by atoms with Crippen LogP contribution < -0.4 is 9.80 Å². The SMILES string of the molecule is O=C(Cc1ccn[nH]1)N1CCN(c2cc(N3CCOCC3)ncn2)CC1. The van der Waals surface area contributed by atoms with E-state index in [2.05, 4.69) is 30.0 Å². The Morgan fingerprint density at radius 3 is 2.38 bits per heavy atom. The first-order valence-electron chi connectivity index (χ1n) is 8.95. The van der Waals surface area contributed by atoms with E-state index in [1.54, 1.807) is 12.5 Å². The first-order valence-corrected chi connectivity index (χ1v) is 8.95. The molecule has 2 fully saturated rings. The van der Waals surface area contributed by atoms with Crippen molar-refractivity contribution in [2.75, 3.05) is 62.3 Å². The fourth-order valence-corrected chi connectivity index (χ4v) is 3.32. The van der Waals surface area contributed by atoms with E-state index in [1.807, 2.05) is 17.0 Å². The number of ether oxygens (including phenoxy) is 1. The Kier molecular flexibility index (Phi) is 4.96. The Labute approximate surface area is 152 Å². The van der Waals surface area contributed by atoms with Crippen molar-refractivity contribution in [1.29, 1.82) is 0 Å². The minimum atomic E-state index is 0.130. The van der Waals surface area contributed by atoms with Gasteiger partial charge in [-0.2, -0.15) is 5.10 Å². The van der Waals surface area contributed by atoms with Gasteiger partial charge in [0.25, 0.3) is 0 Å². The number of aromatic nitrogens is 4. The molecule has 2 aliphatic rings. The second-order valence-electron chi connectivity index (χ2n) is 6.46. The van der Waals surface area contributed by atoms with E-state index >= 15 is 0 Å². The highest BCUT2D eigenvalue weighted by molar-refractivity contribution is 5.78. The highest BCUT2D eigenvalue weighted by Gasteiger charge is 2.23. The van der Waals surface area contributed by atoms with E-state index in [0.717, 1.165) is 56.7 Å². The van der Waals surface area contributed by atoms with Crippen LogP contribution in [0.5, 0.6) is 0 Å². The number of aromatic amines is 1. The molecule has 0 aliphatic carbocycles. The summed E-state index contributed by atoms with van der Waals surface area (Å²) >= 11 is 0. The lowest BCUT2D eigenvalue weighted by molar-refractivity contribution is -0.130. The van der Waals surface area contributed by atoms with Crippen molar-refractivity contribution in [3.63, 3.8) is 0 Å². The minimum Gasteiger partial charge on any atom is -0.378 e. The normalized spacial score (nSPS) is 18.2. The first-order chi connectivity index (χ1) is 12.8. The predicted octanol–water partition coefficient (Wildman–Crippen LogP) is -0.0724. The van der Waals surface area contributed by atoms with E-state index in [-0.39, 0.29) is 5.91 Å².